The van der Waals surface area contributed by atoms with Crippen LogP contribution in [0.25, 0.3) is 65.4 Å². The summed E-state index contributed by atoms with van der Waals surface area (Å²) in [5, 5.41) is 9.53. The molecule has 0 saturated heterocycles. The number of hydrogen-bond donors (Lipinski definition) is 0. The van der Waals surface area contributed by atoms with Crippen LogP contribution < -0.4 is 4.90 Å². The minimum Gasteiger partial charge on any atom is -0.455 e. The molecule has 0 aliphatic heterocycles. The first-order chi connectivity index (χ1) is 21.8. The second-order valence-electron chi connectivity index (χ2n) is 11.4. The zero-order valence-corrected chi connectivity index (χ0v) is 23.9. The number of hydrogen-bond acceptors (Lipinski definition) is 2. The van der Waals surface area contributed by atoms with Crippen molar-refractivity contribution in [3.63, 3.8) is 0 Å². The van der Waals surface area contributed by atoms with Crippen molar-refractivity contribution in [3.05, 3.63) is 164 Å². The second-order valence-corrected chi connectivity index (χ2v) is 11.4. The fourth-order valence-corrected chi connectivity index (χ4v) is 6.72. The summed E-state index contributed by atoms with van der Waals surface area (Å²) in [6, 6.07) is 58.6. The van der Waals surface area contributed by atoms with Crippen molar-refractivity contribution in [2.45, 2.75) is 0 Å². The van der Waals surface area contributed by atoms with Gasteiger partial charge in [0, 0.05) is 39.2 Å². The van der Waals surface area contributed by atoms with Crippen LogP contribution in [0.2, 0.25) is 0 Å². The number of rotatable bonds is 4. The molecule has 0 radical (unpaired) electrons. The maximum atomic E-state index is 6.64. The molecule has 0 spiro atoms. The van der Waals surface area contributed by atoms with Gasteiger partial charge in [0.25, 0.3) is 0 Å². The molecule has 0 amide bonds. The minimum atomic E-state index is 0.877. The highest BCUT2D eigenvalue weighted by atomic mass is 16.3. The first-order valence-corrected chi connectivity index (χ1v) is 15.0. The number of nitrogens with zero attached hydrogens (tertiary/aromatic N) is 1. The Bertz CT molecular complexity index is 2510. The monoisotopic (exact) mass is 561 g/mol. The lowest BCUT2D eigenvalue weighted by Crippen LogP contribution is -2.11. The highest BCUT2D eigenvalue weighted by molar-refractivity contribution is 6.15. The standard InChI is InChI=1S/C42H27NO/c1-2-10-28(11-3-1)35-15-8-9-17-40(35)43(32-22-20-31-19-18-29-12-4-6-14-34(29)39(31)26-32)33-23-25-37-38-24-21-30-13-5-7-16-36(30)42(38)44-41(37)27-33/h1-27H. The summed E-state index contributed by atoms with van der Waals surface area (Å²) in [4.78, 5) is 2.37. The van der Waals surface area contributed by atoms with Crippen molar-refractivity contribution in [2.24, 2.45) is 0 Å². The summed E-state index contributed by atoms with van der Waals surface area (Å²) >= 11 is 0. The average Bonchev–Trinajstić information content (AvgIpc) is 3.47. The van der Waals surface area contributed by atoms with Crippen molar-refractivity contribution in [1.29, 1.82) is 0 Å². The second kappa shape index (κ2) is 9.86. The van der Waals surface area contributed by atoms with E-state index in [9.17, 15) is 0 Å². The molecule has 0 unspecified atom stereocenters. The fourth-order valence-electron chi connectivity index (χ4n) is 6.72. The van der Waals surface area contributed by atoms with Gasteiger partial charge in [-0.3, -0.25) is 0 Å². The number of para-hydroxylation sites is 1. The highest BCUT2D eigenvalue weighted by Crippen LogP contribution is 2.44. The van der Waals surface area contributed by atoms with Crippen LogP contribution in [-0.2, 0) is 0 Å². The summed E-state index contributed by atoms with van der Waals surface area (Å²) < 4.78 is 6.64. The highest BCUT2D eigenvalue weighted by Gasteiger charge is 2.20. The lowest BCUT2D eigenvalue weighted by Gasteiger charge is -2.28. The molecule has 2 nitrogen and oxygen atoms in total. The predicted molar refractivity (Wildman–Crippen MR) is 186 cm³/mol. The lowest BCUT2D eigenvalue weighted by atomic mass is 9.99. The van der Waals surface area contributed by atoms with Crippen LogP contribution in [-0.4, -0.2) is 0 Å². The Morgan fingerprint density at radius 3 is 1.84 bits per heavy atom. The molecule has 0 fully saturated rings. The van der Waals surface area contributed by atoms with Crippen molar-refractivity contribution < 1.29 is 4.42 Å². The van der Waals surface area contributed by atoms with E-state index >= 15 is 0 Å². The normalized spacial score (nSPS) is 11.6. The minimum absolute atomic E-state index is 0.877. The van der Waals surface area contributed by atoms with Gasteiger partial charge in [0.15, 0.2) is 0 Å². The smallest absolute Gasteiger partial charge is 0.143 e. The van der Waals surface area contributed by atoms with E-state index in [2.05, 4.69) is 169 Å². The van der Waals surface area contributed by atoms with Crippen LogP contribution >= 0.6 is 0 Å². The Balaban J connectivity index is 1.31. The average molecular weight is 562 g/mol. The van der Waals surface area contributed by atoms with Crippen LogP contribution in [0.15, 0.2) is 168 Å². The first-order valence-electron chi connectivity index (χ1n) is 15.0. The zero-order valence-electron chi connectivity index (χ0n) is 23.9. The van der Waals surface area contributed by atoms with Crippen molar-refractivity contribution >= 4 is 71.3 Å². The number of furan rings is 1. The Kier molecular flexibility index (Phi) is 5.54. The molecule has 0 atom stereocenters. The third-order valence-corrected chi connectivity index (χ3v) is 8.82. The van der Waals surface area contributed by atoms with Gasteiger partial charge < -0.3 is 9.32 Å². The van der Waals surface area contributed by atoms with Gasteiger partial charge in [0.05, 0.1) is 5.69 Å². The van der Waals surface area contributed by atoms with Gasteiger partial charge in [-0.15, -0.1) is 0 Å². The summed E-state index contributed by atoms with van der Waals surface area (Å²) in [6.45, 7) is 0. The van der Waals surface area contributed by atoms with Gasteiger partial charge in [0.2, 0.25) is 0 Å². The summed E-state index contributed by atoms with van der Waals surface area (Å²) in [5.41, 5.74) is 7.41. The third kappa shape index (κ3) is 3.89. The Morgan fingerprint density at radius 2 is 0.977 bits per heavy atom. The van der Waals surface area contributed by atoms with E-state index in [1.165, 1.54) is 38.1 Å². The van der Waals surface area contributed by atoms with E-state index in [0.29, 0.717) is 0 Å². The van der Waals surface area contributed by atoms with Gasteiger partial charge in [0.1, 0.15) is 11.2 Å². The van der Waals surface area contributed by atoms with Gasteiger partial charge in [-0.05, 0) is 68.9 Å². The van der Waals surface area contributed by atoms with Crippen molar-refractivity contribution in [1.82, 2.24) is 0 Å². The largest absolute Gasteiger partial charge is 0.455 e. The summed E-state index contributed by atoms with van der Waals surface area (Å²) in [6.07, 6.45) is 0. The molecule has 0 bridgehead atoms. The zero-order chi connectivity index (χ0) is 29.0. The van der Waals surface area contributed by atoms with Crippen molar-refractivity contribution in [2.75, 3.05) is 4.90 Å². The van der Waals surface area contributed by atoms with Crippen LogP contribution in [0.5, 0.6) is 0 Å². The SMILES string of the molecule is c1ccc(-c2ccccc2N(c2ccc3c(c2)oc2c4ccccc4ccc32)c2ccc3ccc4ccccc4c3c2)cc1. The molecule has 9 rings (SSSR count). The first kappa shape index (κ1) is 24.7. The molecule has 0 aliphatic rings. The van der Waals surface area contributed by atoms with Crippen LogP contribution in [0.3, 0.4) is 0 Å². The topological polar surface area (TPSA) is 16.4 Å². The van der Waals surface area contributed by atoms with E-state index in [4.69, 9.17) is 4.42 Å². The molecular formula is C42H27NO. The van der Waals surface area contributed by atoms with Crippen LogP contribution in [0.1, 0.15) is 0 Å². The van der Waals surface area contributed by atoms with E-state index in [-0.39, 0.29) is 0 Å². The van der Waals surface area contributed by atoms with Crippen molar-refractivity contribution in [3.8, 4) is 11.1 Å². The molecule has 8 aromatic carbocycles. The summed E-state index contributed by atoms with van der Waals surface area (Å²) in [5.74, 6) is 0. The van der Waals surface area contributed by atoms with Gasteiger partial charge in [-0.2, -0.15) is 0 Å². The number of fused-ring (bicyclic) bond motifs is 8. The third-order valence-electron chi connectivity index (χ3n) is 8.82. The lowest BCUT2D eigenvalue weighted by molar-refractivity contribution is 0.672. The predicted octanol–water partition coefficient (Wildman–Crippen LogP) is 12.2. The molecule has 1 aromatic heterocycles. The van der Waals surface area contributed by atoms with E-state index in [1.807, 2.05) is 0 Å². The molecule has 1 heterocycles. The van der Waals surface area contributed by atoms with E-state index in [0.717, 1.165) is 44.4 Å². The van der Waals surface area contributed by atoms with Gasteiger partial charge in [-0.1, -0.05) is 121 Å². The van der Waals surface area contributed by atoms with Crippen LogP contribution in [0.4, 0.5) is 17.1 Å². The maximum absolute atomic E-state index is 6.64. The Hall–Kier alpha value is -5.86. The molecule has 0 aliphatic carbocycles. The van der Waals surface area contributed by atoms with Crippen LogP contribution in [0, 0.1) is 0 Å². The number of anilines is 3. The molecule has 0 saturated carbocycles. The van der Waals surface area contributed by atoms with Gasteiger partial charge in [-0.25, -0.2) is 0 Å². The van der Waals surface area contributed by atoms with E-state index in [1.54, 1.807) is 0 Å². The molecular weight excluding hydrogens is 534 g/mol. The Morgan fingerprint density at radius 1 is 0.386 bits per heavy atom. The fraction of sp³-hybridized carbons (Fsp3) is 0. The molecule has 206 valence electrons. The molecule has 2 heteroatoms. The van der Waals surface area contributed by atoms with Gasteiger partial charge >= 0.3 is 0 Å². The quantitative estimate of drug-likeness (QED) is 0.199. The molecule has 9 aromatic rings. The molecule has 44 heavy (non-hydrogen) atoms. The Labute approximate surface area is 255 Å². The molecule has 0 N–H and O–H groups in total. The number of benzene rings is 8. The maximum Gasteiger partial charge on any atom is 0.143 e. The van der Waals surface area contributed by atoms with E-state index < -0.39 is 0 Å². The summed E-state index contributed by atoms with van der Waals surface area (Å²) in [7, 11) is 0.